The summed E-state index contributed by atoms with van der Waals surface area (Å²) >= 11 is 0. The van der Waals surface area contributed by atoms with Gasteiger partial charge in [-0.2, -0.15) is 0 Å². The number of rotatable bonds is 1. The third-order valence-electron chi connectivity index (χ3n) is 1.35. The number of carboxylic acids is 1. The summed E-state index contributed by atoms with van der Waals surface area (Å²) in [6.45, 7) is 4.23. The lowest BCUT2D eigenvalue weighted by Crippen LogP contribution is -2.49. The highest BCUT2D eigenvalue weighted by atomic mass is 16.4. The van der Waals surface area contributed by atoms with E-state index in [1.165, 1.54) is 0 Å². The van der Waals surface area contributed by atoms with Crippen LogP contribution in [-0.4, -0.2) is 48.5 Å². The lowest BCUT2D eigenvalue weighted by molar-refractivity contribution is -0.134. The molecule has 1 aliphatic rings. The lowest BCUT2D eigenvalue weighted by Gasteiger charge is -2.21. The van der Waals surface area contributed by atoms with Gasteiger partial charge < -0.3 is 20.8 Å². The summed E-state index contributed by atoms with van der Waals surface area (Å²) in [5.74, 6) is -0.833. The Hall–Kier alpha value is -0.650. The number of hydrogen-bond acceptors (Lipinski definition) is 4. The van der Waals surface area contributed by atoms with E-state index in [9.17, 15) is 0 Å². The SMILES string of the molecule is CC(=O)O.OCC1CNCCN1. The first-order valence-corrected chi connectivity index (χ1v) is 3.91. The van der Waals surface area contributed by atoms with Crippen molar-refractivity contribution in [1.29, 1.82) is 0 Å². The fourth-order valence-corrected chi connectivity index (χ4v) is 0.842. The van der Waals surface area contributed by atoms with E-state index in [0.717, 1.165) is 26.6 Å². The molecule has 1 unspecified atom stereocenters. The summed E-state index contributed by atoms with van der Waals surface area (Å²) in [4.78, 5) is 9.00. The Labute approximate surface area is 71.8 Å². The van der Waals surface area contributed by atoms with Crippen LogP contribution in [0.4, 0.5) is 0 Å². The number of hydrogen-bond donors (Lipinski definition) is 4. The molecule has 1 heterocycles. The minimum absolute atomic E-state index is 0.243. The molecular weight excluding hydrogens is 160 g/mol. The van der Waals surface area contributed by atoms with Crippen LogP contribution in [0.15, 0.2) is 0 Å². The van der Waals surface area contributed by atoms with Gasteiger partial charge >= 0.3 is 0 Å². The van der Waals surface area contributed by atoms with Crippen LogP contribution in [0.2, 0.25) is 0 Å². The second-order valence-electron chi connectivity index (χ2n) is 2.56. The molecule has 5 heteroatoms. The standard InChI is InChI=1S/C5H12N2O.C2H4O2/c8-4-5-3-6-1-2-7-5;1-2(3)4/h5-8H,1-4H2;1H3,(H,3,4). The molecule has 0 aliphatic carbocycles. The third-order valence-corrected chi connectivity index (χ3v) is 1.35. The first-order valence-electron chi connectivity index (χ1n) is 3.91. The quantitative estimate of drug-likeness (QED) is 0.396. The van der Waals surface area contributed by atoms with E-state index in [1.54, 1.807) is 0 Å². The fourth-order valence-electron chi connectivity index (χ4n) is 0.842. The maximum atomic E-state index is 9.00. The molecule has 0 aromatic carbocycles. The normalized spacial score (nSPS) is 22.3. The second-order valence-corrected chi connectivity index (χ2v) is 2.56. The Bertz CT molecular complexity index is 120. The number of nitrogens with one attached hydrogen (secondary N) is 2. The molecule has 1 fully saturated rings. The summed E-state index contributed by atoms with van der Waals surface area (Å²) in [6, 6.07) is 0.281. The molecule has 72 valence electrons. The Morgan fingerprint density at radius 2 is 2.17 bits per heavy atom. The van der Waals surface area contributed by atoms with Crippen molar-refractivity contribution in [3.63, 3.8) is 0 Å². The molecule has 0 aromatic heterocycles. The zero-order chi connectivity index (χ0) is 9.40. The Balaban J connectivity index is 0.000000261. The van der Waals surface area contributed by atoms with Crippen LogP contribution in [-0.2, 0) is 4.79 Å². The minimum atomic E-state index is -0.833. The molecule has 1 atom stereocenters. The van der Waals surface area contributed by atoms with Gasteiger partial charge in [-0.3, -0.25) is 4.79 Å². The Kier molecular flexibility index (Phi) is 6.64. The monoisotopic (exact) mass is 176 g/mol. The van der Waals surface area contributed by atoms with Gasteiger partial charge in [-0.1, -0.05) is 0 Å². The van der Waals surface area contributed by atoms with Gasteiger partial charge in [0.2, 0.25) is 0 Å². The van der Waals surface area contributed by atoms with Crippen molar-refractivity contribution >= 4 is 5.97 Å². The zero-order valence-electron chi connectivity index (χ0n) is 7.21. The second kappa shape index (κ2) is 7.02. The summed E-state index contributed by atoms with van der Waals surface area (Å²) in [5.41, 5.74) is 0. The van der Waals surface area contributed by atoms with Gasteiger partial charge in [0.15, 0.2) is 0 Å². The number of carboxylic acid groups (broad SMARTS) is 1. The van der Waals surface area contributed by atoms with Crippen LogP contribution in [0.3, 0.4) is 0 Å². The molecule has 0 radical (unpaired) electrons. The average molecular weight is 176 g/mol. The zero-order valence-corrected chi connectivity index (χ0v) is 7.21. The third kappa shape index (κ3) is 7.46. The van der Waals surface area contributed by atoms with Crippen molar-refractivity contribution < 1.29 is 15.0 Å². The highest BCUT2D eigenvalue weighted by Gasteiger charge is 2.08. The van der Waals surface area contributed by atoms with Crippen LogP contribution in [0.1, 0.15) is 6.92 Å². The number of aliphatic hydroxyl groups excluding tert-OH is 1. The van der Waals surface area contributed by atoms with E-state index in [0.29, 0.717) is 0 Å². The Morgan fingerprint density at radius 1 is 1.58 bits per heavy atom. The van der Waals surface area contributed by atoms with Crippen molar-refractivity contribution in [3.05, 3.63) is 0 Å². The topological polar surface area (TPSA) is 81.6 Å². The molecule has 1 rings (SSSR count). The average Bonchev–Trinajstić information content (AvgIpc) is 2.05. The molecule has 4 N–H and O–H groups in total. The largest absolute Gasteiger partial charge is 0.481 e. The van der Waals surface area contributed by atoms with Crippen LogP contribution in [0.25, 0.3) is 0 Å². The first kappa shape index (κ1) is 11.4. The number of piperazine rings is 1. The summed E-state index contributed by atoms with van der Waals surface area (Å²) in [7, 11) is 0. The predicted octanol–water partition coefficient (Wildman–Crippen LogP) is -1.37. The predicted molar refractivity (Wildman–Crippen MR) is 45.1 cm³/mol. The first-order chi connectivity index (χ1) is 5.66. The molecule has 0 saturated carbocycles. The molecule has 0 spiro atoms. The molecule has 0 amide bonds. The van der Waals surface area contributed by atoms with Crippen LogP contribution in [0.5, 0.6) is 0 Å². The van der Waals surface area contributed by atoms with Gasteiger partial charge in [0, 0.05) is 32.6 Å². The van der Waals surface area contributed by atoms with Crippen molar-refractivity contribution in [3.8, 4) is 0 Å². The molecule has 1 aliphatic heterocycles. The smallest absolute Gasteiger partial charge is 0.300 e. The molecule has 0 aromatic rings. The maximum Gasteiger partial charge on any atom is 0.300 e. The van der Waals surface area contributed by atoms with Crippen molar-refractivity contribution in [2.45, 2.75) is 13.0 Å². The van der Waals surface area contributed by atoms with E-state index < -0.39 is 5.97 Å². The molecule has 5 nitrogen and oxygen atoms in total. The Morgan fingerprint density at radius 3 is 2.42 bits per heavy atom. The molecular formula is C7H16N2O3. The molecule has 0 bridgehead atoms. The highest BCUT2D eigenvalue weighted by Crippen LogP contribution is 1.82. The molecule has 12 heavy (non-hydrogen) atoms. The minimum Gasteiger partial charge on any atom is -0.481 e. The number of carbonyl (C=O) groups is 1. The van der Waals surface area contributed by atoms with Gasteiger partial charge in [-0.05, 0) is 0 Å². The van der Waals surface area contributed by atoms with E-state index in [-0.39, 0.29) is 12.6 Å². The van der Waals surface area contributed by atoms with Crippen molar-refractivity contribution in [2.75, 3.05) is 26.2 Å². The van der Waals surface area contributed by atoms with Crippen molar-refractivity contribution in [2.24, 2.45) is 0 Å². The number of aliphatic hydroxyl groups is 1. The van der Waals surface area contributed by atoms with Gasteiger partial charge in [0.1, 0.15) is 0 Å². The highest BCUT2D eigenvalue weighted by molar-refractivity contribution is 5.62. The maximum absolute atomic E-state index is 9.00. The van der Waals surface area contributed by atoms with Crippen molar-refractivity contribution in [1.82, 2.24) is 10.6 Å². The van der Waals surface area contributed by atoms with E-state index >= 15 is 0 Å². The molecule has 1 saturated heterocycles. The van der Waals surface area contributed by atoms with Gasteiger partial charge in [-0.25, -0.2) is 0 Å². The summed E-state index contributed by atoms with van der Waals surface area (Å²) < 4.78 is 0. The number of aliphatic carboxylic acids is 1. The van der Waals surface area contributed by atoms with Gasteiger partial charge in [0.05, 0.1) is 6.61 Å². The fraction of sp³-hybridized carbons (Fsp3) is 0.857. The lowest BCUT2D eigenvalue weighted by atomic mass is 10.2. The van der Waals surface area contributed by atoms with Crippen LogP contribution in [0, 0.1) is 0 Å². The van der Waals surface area contributed by atoms with Gasteiger partial charge in [-0.15, -0.1) is 0 Å². The van der Waals surface area contributed by atoms with Crippen LogP contribution < -0.4 is 10.6 Å². The summed E-state index contributed by atoms with van der Waals surface area (Å²) in [5, 5.41) is 22.3. The van der Waals surface area contributed by atoms with Gasteiger partial charge in [0.25, 0.3) is 5.97 Å². The van der Waals surface area contributed by atoms with E-state index in [1.807, 2.05) is 0 Å². The van der Waals surface area contributed by atoms with Crippen LogP contribution >= 0.6 is 0 Å². The van der Waals surface area contributed by atoms with E-state index in [2.05, 4.69) is 10.6 Å². The van der Waals surface area contributed by atoms with E-state index in [4.69, 9.17) is 15.0 Å². The summed E-state index contributed by atoms with van der Waals surface area (Å²) in [6.07, 6.45) is 0.